The molecule has 1 atom stereocenters. The zero-order chi connectivity index (χ0) is 19.6. The number of ether oxygens (including phenoxy) is 1. The quantitative estimate of drug-likeness (QED) is 0.718. The van der Waals surface area contributed by atoms with Gasteiger partial charge in [-0.15, -0.1) is 0 Å². The standard InChI is InChI=1S/C19H21Cl2N3O3/c1-3-27-19(26)13-5-4-8-23(11-13)18(25)15-10-22-24(12(15)2)14-6-7-16(20)17(21)9-14/h6-7,9-10,13H,3-5,8,11H2,1-2H3/t13-/m1/s1. The van der Waals surface area contributed by atoms with Crippen molar-refractivity contribution in [3.63, 3.8) is 0 Å². The molecular formula is C19H21Cl2N3O3. The van der Waals surface area contributed by atoms with Crippen LogP contribution < -0.4 is 0 Å². The third-order valence-electron chi connectivity index (χ3n) is 4.72. The molecule has 1 aliphatic rings. The molecule has 3 rings (SSSR count). The topological polar surface area (TPSA) is 64.4 Å². The summed E-state index contributed by atoms with van der Waals surface area (Å²) in [6.07, 6.45) is 3.06. The summed E-state index contributed by atoms with van der Waals surface area (Å²) in [5.74, 6) is -0.640. The number of likely N-dealkylation sites (tertiary alicyclic amines) is 1. The molecule has 0 saturated carbocycles. The van der Waals surface area contributed by atoms with Crippen LogP contribution in [0.5, 0.6) is 0 Å². The second-order valence-corrected chi connectivity index (χ2v) is 7.31. The second kappa shape index (κ2) is 8.31. The minimum atomic E-state index is -0.270. The van der Waals surface area contributed by atoms with E-state index in [0.717, 1.165) is 18.5 Å². The fourth-order valence-electron chi connectivity index (χ4n) is 3.28. The zero-order valence-electron chi connectivity index (χ0n) is 15.2. The van der Waals surface area contributed by atoms with E-state index in [4.69, 9.17) is 27.9 Å². The molecule has 0 unspecified atom stereocenters. The van der Waals surface area contributed by atoms with Crippen molar-refractivity contribution in [2.75, 3.05) is 19.7 Å². The highest BCUT2D eigenvalue weighted by molar-refractivity contribution is 6.42. The van der Waals surface area contributed by atoms with Gasteiger partial charge < -0.3 is 9.64 Å². The first-order valence-corrected chi connectivity index (χ1v) is 9.64. The lowest BCUT2D eigenvalue weighted by Gasteiger charge is -2.31. The summed E-state index contributed by atoms with van der Waals surface area (Å²) in [5, 5.41) is 5.21. The third kappa shape index (κ3) is 4.12. The van der Waals surface area contributed by atoms with Gasteiger partial charge >= 0.3 is 5.97 Å². The molecule has 1 saturated heterocycles. The van der Waals surface area contributed by atoms with Crippen LogP contribution in [-0.4, -0.2) is 46.3 Å². The number of carbonyl (C=O) groups is 2. The van der Waals surface area contributed by atoms with E-state index in [1.165, 1.54) is 0 Å². The molecule has 1 aromatic heterocycles. The van der Waals surface area contributed by atoms with Gasteiger partial charge in [0.05, 0.1) is 45.7 Å². The van der Waals surface area contributed by atoms with Gasteiger partial charge in [-0.25, -0.2) is 4.68 Å². The number of benzene rings is 1. The number of hydrogen-bond acceptors (Lipinski definition) is 4. The highest BCUT2D eigenvalue weighted by Gasteiger charge is 2.31. The van der Waals surface area contributed by atoms with Crippen LogP contribution in [0.2, 0.25) is 10.0 Å². The number of piperidine rings is 1. The summed E-state index contributed by atoms with van der Waals surface area (Å²) in [6, 6.07) is 5.19. The normalized spacial score (nSPS) is 17.0. The van der Waals surface area contributed by atoms with Gasteiger partial charge in [0.25, 0.3) is 5.91 Å². The van der Waals surface area contributed by atoms with E-state index >= 15 is 0 Å². The van der Waals surface area contributed by atoms with Crippen LogP contribution in [0.15, 0.2) is 24.4 Å². The molecule has 0 spiro atoms. The van der Waals surface area contributed by atoms with Gasteiger partial charge in [0.15, 0.2) is 0 Å². The van der Waals surface area contributed by atoms with Crippen molar-refractivity contribution < 1.29 is 14.3 Å². The Balaban J connectivity index is 1.80. The summed E-state index contributed by atoms with van der Waals surface area (Å²) in [6.45, 7) is 4.94. The lowest BCUT2D eigenvalue weighted by molar-refractivity contribution is -0.149. The molecule has 1 fully saturated rings. The van der Waals surface area contributed by atoms with Crippen LogP contribution in [0.25, 0.3) is 5.69 Å². The van der Waals surface area contributed by atoms with Gasteiger partial charge in [0.2, 0.25) is 0 Å². The molecule has 0 N–H and O–H groups in total. The lowest BCUT2D eigenvalue weighted by atomic mass is 9.97. The summed E-state index contributed by atoms with van der Waals surface area (Å²) in [4.78, 5) is 26.7. The Kier molecular flexibility index (Phi) is 6.07. The molecule has 8 heteroatoms. The first-order chi connectivity index (χ1) is 12.9. The van der Waals surface area contributed by atoms with E-state index in [9.17, 15) is 9.59 Å². The van der Waals surface area contributed by atoms with Crippen LogP contribution in [0.3, 0.4) is 0 Å². The van der Waals surface area contributed by atoms with Gasteiger partial charge in [0.1, 0.15) is 0 Å². The van der Waals surface area contributed by atoms with Crippen molar-refractivity contribution in [2.45, 2.75) is 26.7 Å². The van der Waals surface area contributed by atoms with Gasteiger partial charge in [-0.1, -0.05) is 23.2 Å². The first-order valence-electron chi connectivity index (χ1n) is 8.88. The number of esters is 1. The largest absolute Gasteiger partial charge is 0.466 e. The summed E-state index contributed by atoms with van der Waals surface area (Å²) in [7, 11) is 0. The van der Waals surface area contributed by atoms with Crippen molar-refractivity contribution in [1.29, 1.82) is 0 Å². The molecule has 144 valence electrons. The highest BCUT2D eigenvalue weighted by atomic mass is 35.5. The monoisotopic (exact) mass is 409 g/mol. The van der Waals surface area contributed by atoms with Crippen molar-refractivity contribution in [1.82, 2.24) is 14.7 Å². The fraction of sp³-hybridized carbons (Fsp3) is 0.421. The molecule has 2 heterocycles. The molecule has 2 aromatic rings. The number of rotatable bonds is 4. The number of carbonyl (C=O) groups excluding carboxylic acids is 2. The van der Waals surface area contributed by atoms with Crippen LogP contribution in [0.1, 0.15) is 35.8 Å². The number of halogens is 2. The number of aromatic nitrogens is 2. The van der Waals surface area contributed by atoms with Crippen molar-refractivity contribution in [3.05, 3.63) is 45.7 Å². The summed E-state index contributed by atoms with van der Waals surface area (Å²) in [5.41, 5.74) is 1.94. The Morgan fingerprint density at radius 2 is 2.07 bits per heavy atom. The fourth-order valence-corrected chi connectivity index (χ4v) is 3.57. The Hall–Kier alpha value is -2.05. The minimum absolute atomic E-state index is 0.132. The van der Waals surface area contributed by atoms with E-state index in [1.54, 1.807) is 40.9 Å². The SMILES string of the molecule is CCOC(=O)[C@@H]1CCCN(C(=O)c2cnn(-c3ccc(Cl)c(Cl)c3)c2C)C1. The maximum atomic E-state index is 13.0. The Morgan fingerprint density at radius 3 is 2.78 bits per heavy atom. The molecule has 1 aromatic carbocycles. The average Bonchev–Trinajstić information content (AvgIpc) is 3.05. The summed E-state index contributed by atoms with van der Waals surface area (Å²) >= 11 is 12.1. The second-order valence-electron chi connectivity index (χ2n) is 6.50. The molecule has 27 heavy (non-hydrogen) atoms. The first kappa shape index (κ1) is 19.7. The molecule has 1 aliphatic heterocycles. The van der Waals surface area contributed by atoms with Crippen molar-refractivity contribution in [3.8, 4) is 5.69 Å². The Labute approximate surface area is 168 Å². The van der Waals surface area contributed by atoms with Gasteiger partial charge in [-0.3, -0.25) is 9.59 Å². The van der Waals surface area contributed by atoms with E-state index in [1.807, 2.05) is 6.92 Å². The molecule has 0 aliphatic carbocycles. The van der Waals surface area contributed by atoms with E-state index < -0.39 is 0 Å². The number of nitrogens with zero attached hydrogens (tertiary/aromatic N) is 3. The average molecular weight is 410 g/mol. The van der Waals surface area contributed by atoms with Gasteiger partial charge in [0, 0.05) is 13.1 Å². The van der Waals surface area contributed by atoms with E-state index in [2.05, 4.69) is 5.10 Å². The summed E-state index contributed by atoms with van der Waals surface area (Å²) < 4.78 is 6.76. The minimum Gasteiger partial charge on any atom is -0.466 e. The van der Waals surface area contributed by atoms with E-state index in [-0.39, 0.29) is 17.8 Å². The van der Waals surface area contributed by atoms with Crippen LogP contribution in [0, 0.1) is 12.8 Å². The molecule has 0 radical (unpaired) electrons. The van der Waals surface area contributed by atoms with Gasteiger partial charge in [-0.2, -0.15) is 5.10 Å². The lowest BCUT2D eigenvalue weighted by Crippen LogP contribution is -2.43. The maximum Gasteiger partial charge on any atom is 0.310 e. The van der Waals surface area contributed by atoms with Crippen molar-refractivity contribution in [2.24, 2.45) is 5.92 Å². The van der Waals surface area contributed by atoms with Crippen LogP contribution in [0.4, 0.5) is 0 Å². The number of amides is 1. The number of hydrogen-bond donors (Lipinski definition) is 0. The predicted octanol–water partition coefficient (Wildman–Crippen LogP) is 3.90. The van der Waals surface area contributed by atoms with Crippen LogP contribution >= 0.6 is 23.2 Å². The predicted molar refractivity (Wildman–Crippen MR) is 104 cm³/mol. The smallest absolute Gasteiger partial charge is 0.310 e. The molecule has 1 amide bonds. The van der Waals surface area contributed by atoms with Crippen molar-refractivity contribution >= 4 is 35.1 Å². The highest BCUT2D eigenvalue weighted by Crippen LogP contribution is 2.26. The Morgan fingerprint density at radius 1 is 1.30 bits per heavy atom. The third-order valence-corrected chi connectivity index (χ3v) is 5.46. The maximum absolute atomic E-state index is 13.0. The molecular weight excluding hydrogens is 389 g/mol. The van der Waals surface area contributed by atoms with E-state index in [0.29, 0.717) is 41.0 Å². The van der Waals surface area contributed by atoms with Gasteiger partial charge in [-0.05, 0) is 44.9 Å². The zero-order valence-corrected chi connectivity index (χ0v) is 16.8. The Bertz CT molecular complexity index is 866. The van der Waals surface area contributed by atoms with Crippen LogP contribution in [-0.2, 0) is 9.53 Å². The molecule has 0 bridgehead atoms. The molecule has 6 nitrogen and oxygen atoms in total.